The summed E-state index contributed by atoms with van der Waals surface area (Å²) < 4.78 is 0. The number of hydrogen-bond donors (Lipinski definition) is 7. The Hall–Kier alpha value is -5.42. The number of nitrogen functional groups attached to an aromatic ring is 1. The number of pyridine rings is 1. The van der Waals surface area contributed by atoms with Gasteiger partial charge in [0.2, 0.25) is 17.7 Å². The summed E-state index contributed by atoms with van der Waals surface area (Å²) >= 11 is 0. The van der Waals surface area contributed by atoms with Crippen molar-refractivity contribution in [3.63, 3.8) is 0 Å². The SMILES string of the molecule is Nc1ccc(CC(NC(=O)C(c2ccc(O)cc2)c2ccc(O)cc2)C(=O)NCc2ccc(CC(=O)NCCO)cc2)cn1. The molecule has 1 aromatic heterocycles. The highest BCUT2D eigenvalue weighted by atomic mass is 16.3. The van der Waals surface area contributed by atoms with E-state index in [1.54, 1.807) is 66.9 Å². The van der Waals surface area contributed by atoms with Gasteiger partial charge in [-0.05, 0) is 58.1 Å². The largest absolute Gasteiger partial charge is 0.508 e. The molecule has 0 bridgehead atoms. The Kier molecular flexibility index (Phi) is 10.9. The number of nitrogens with one attached hydrogen (secondary N) is 3. The van der Waals surface area contributed by atoms with Crippen molar-refractivity contribution < 1.29 is 29.7 Å². The van der Waals surface area contributed by atoms with Crippen molar-refractivity contribution >= 4 is 23.5 Å². The molecule has 1 heterocycles. The van der Waals surface area contributed by atoms with Crippen LogP contribution >= 0.6 is 0 Å². The number of nitrogens with two attached hydrogens (primary N) is 1. The molecule has 0 saturated carbocycles. The zero-order valence-electron chi connectivity index (χ0n) is 23.9. The fourth-order valence-electron chi connectivity index (χ4n) is 4.62. The zero-order chi connectivity index (χ0) is 31.5. The molecule has 0 aliphatic heterocycles. The fourth-order valence-corrected chi connectivity index (χ4v) is 4.62. The Morgan fingerprint density at radius 2 is 1.30 bits per heavy atom. The van der Waals surface area contributed by atoms with Crippen LogP contribution in [0.1, 0.15) is 33.7 Å². The van der Waals surface area contributed by atoms with Crippen LogP contribution in [0, 0.1) is 0 Å². The monoisotopic (exact) mass is 597 g/mol. The number of nitrogens with zero attached hydrogens (tertiary/aromatic N) is 1. The van der Waals surface area contributed by atoms with Crippen molar-refractivity contribution in [2.45, 2.75) is 31.3 Å². The molecule has 3 aromatic carbocycles. The molecular formula is C33H35N5O6. The molecule has 0 saturated heterocycles. The number of amides is 3. The molecule has 0 radical (unpaired) electrons. The minimum Gasteiger partial charge on any atom is -0.508 e. The summed E-state index contributed by atoms with van der Waals surface area (Å²) in [5.41, 5.74) is 9.17. The van der Waals surface area contributed by atoms with Gasteiger partial charge in [0, 0.05) is 25.7 Å². The zero-order valence-corrected chi connectivity index (χ0v) is 23.9. The van der Waals surface area contributed by atoms with Crippen LogP contribution in [0.3, 0.4) is 0 Å². The van der Waals surface area contributed by atoms with Crippen molar-refractivity contribution in [3.05, 3.63) is 119 Å². The highest BCUT2D eigenvalue weighted by Crippen LogP contribution is 2.28. The van der Waals surface area contributed by atoms with Crippen molar-refractivity contribution in [2.24, 2.45) is 0 Å². The lowest BCUT2D eigenvalue weighted by atomic mass is 9.89. The molecule has 11 nitrogen and oxygen atoms in total. The minimum atomic E-state index is -0.973. The Morgan fingerprint density at radius 1 is 0.727 bits per heavy atom. The first-order chi connectivity index (χ1) is 21.2. The van der Waals surface area contributed by atoms with Crippen LogP contribution in [0.5, 0.6) is 11.5 Å². The molecule has 0 aliphatic carbocycles. The highest BCUT2D eigenvalue weighted by molar-refractivity contribution is 5.92. The third-order valence-corrected chi connectivity index (χ3v) is 6.92. The predicted molar refractivity (Wildman–Crippen MR) is 164 cm³/mol. The second kappa shape index (κ2) is 15.2. The summed E-state index contributed by atoms with van der Waals surface area (Å²) in [6.07, 6.45) is 1.86. The van der Waals surface area contributed by atoms with Crippen LogP contribution < -0.4 is 21.7 Å². The summed E-state index contributed by atoms with van der Waals surface area (Å²) in [6.45, 7) is 0.244. The maximum Gasteiger partial charge on any atom is 0.243 e. The minimum absolute atomic E-state index is 0.0460. The quantitative estimate of drug-likeness (QED) is 0.122. The van der Waals surface area contributed by atoms with Gasteiger partial charge in [0.05, 0.1) is 18.9 Å². The fraction of sp³-hybridized carbons (Fsp3) is 0.212. The Morgan fingerprint density at radius 3 is 1.84 bits per heavy atom. The molecule has 4 aromatic rings. The summed E-state index contributed by atoms with van der Waals surface area (Å²) in [4.78, 5) is 43.4. The number of hydrogen-bond acceptors (Lipinski definition) is 8. The first-order valence-corrected chi connectivity index (χ1v) is 14.0. The van der Waals surface area contributed by atoms with Crippen molar-refractivity contribution in [1.82, 2.24) is 20.9 Å². The third-order valence-electron chi connectivity index (χ3n) is 6.92. The number of aliphatic hydroxyl groups is 1. The number of aromatic hydroxyl groups is 2. The smallest absolute Gasteiger partial charge is 0.243 e. The van der Waals surface area contributed by atoms with Gasteiger partial charge in [0.25, 0.3) is 0 Å². The molecule has 44 heavy (non-hydrogen) atoms. The molecule has 0 spiro atoms. The van der Waals surface area contributed by atoms with E-state index in [4.69, 9.17) is 10.8 Å². The summed E-state index contributed by atoms with van der Waals surface area (Å²) in [6, 6.07) is 22.0. The van der Waals surface area contributed by atoms with E-state index >= 15 is 0 Å². The molecule has 3 amide bonds. The number of aromatic nitrogens is 1. The van der Waals surface area contributed by atoms with Gasteiger partial charge in [-0.1, -0.05) is 54.6 Å². The maximum absolute atomic E-state index is 13.8. The van der Waals surface area contributed by atoms with Crippen molar-refractivity contribution in [3.8, 4) is 11.5 Å². The standard InChI is InChI=1S/C33H35N5O6/c34-29-14-5-23(20-36-29)17-28(32(43)37-19-22-3-1-21(2-4-22)18-30(42)35-15-16-39)38-33(44)31(24-6-10-26(40)11-7-24)25-8-12-27(41)13-9-25/h1-14,20,28,31,39-41H,15-19H2,(H2,34,36)(H,35,42)(H,37,43)(H,38,44). The van der Waals surface area contributed by atoms with Gasteiger partial charge in [0.1, 0.15) is 23.4 Å². The van der Waals surface area contributed by atoms with Gasteiger partial charge in [0.15, 0.2) is 0 Å². The van der Waals surface area contributed by atoms with E-state index in [9.17, 15) is 24.6 Å². The van der Waals surface area contributed by atoms with E-state index in [2.05, 4.69) is 20.9 Å². The molecule has 228 valence electrons. The number of phenolic OH excluding ortho intramolecular Hbond substituents is 2. The lowest BCUT2D eigenvalue weighted by molar-refractivity contribution is -0.129. The maximum atomic E-state index is 13.8. The lowest BCUT2D eigenvalue weighted by Crippen LogP contribution is -2.49. The number of carbonyl (C=O) groups is 3. The Bertz CT molecular complexity index is 1500. The van der Waals surface area contributed by atoms with Crippen LogP contribution in [-0.2, 0) is 33.8 Å². The second-order valence-corrected chi connectivity index (χ2v) is 10.3. The second-order valence-electron chi connectivity index (χ2n) is 10.3. The lowest BCUT2D eigenvalue weighted by Gasteiger charge is -2.23. The predicted octanol–water partition coefficient (Wildman–Crippen LogP) is 1.90. The van der Waals surface area contributed by atoms with Gasteiger partial charge in [-0.3, -0.25) is 14.4 Å². The van der Waals surface area contributed by atoms with Crippen LogP contribution in [0.2, 0.25) is 0 Å². The van der Waals surface area contributed by atoms with E-state index in [0.29, 0.717) is 22.5 Å². The average Bonchev–Trinajstić information content (AvgIpc) is 3.02. The van der Waals surface area contributed by atoms with E-state index in [1.807, 2.05) is 0 Å². The topological polar surface area (TPSA) is 187 Å². The van der Waals surface area contributed by atoms with Gasteiger partial charge >= 0.3 is 0 Å². The van der Waals surface area contributed by atoms with Crippen molar-refractivity contribution in [2.75, 3.05) is 18.9 Å². The molecule has 1 atom stereocenters. The Labute approximate surface area is 254 Å². The molecule has 0 fully saturated rings. The third kappa shape index (κ3) is 9.04. The van der Waals surface area contributed by atoms with E-state index < -0.39 is 23.8 Å². The van der Waals surface area contributed by atoms with Crippen LogP contribution in [0.4, 0.5) is 5.82 Å². The number of aliphatic hydroxyl groups excluding tert-OH is 1. The molecule has 11 heteroatoms. The van der Waals surface area contributed by atoms with Gasteiger partial charge in [-0.15, -0.1) is 0 Å². The van der Waals surface area contributed by atoms with E-state index in [0.717, 1.165) is 11.1 Å². The first-order valence-electron chi connectivity index (χ1n) is 14.0. The number of benzene rings is 3. The summed E-state index contributed by atoms with van der Waals surface area (Å²) in [7, 11) is 0. The number of rotatable bonds is 13. The van der Waals surface area contributed by atoms with Gasteiger partial charge < -0.3 is 37.0 Å². The average molecular weight is 598 g/mol. The molecule has 0 aliphatic rings. The van der Waals surface area contributed by atoms with Crippen LogP contribution in [-0.4, -0.2) is 57.2 Å². The number of carbonyl (C=O) groups excluding carboxylic acids is 3. The molecule has 4 rings (SSSR count). The summed E-state index contributed by atoms with van der Waals surface area (Å²) in [5, 5.41) is 36.8. The number of phenols is 2. The van der Waals surface area contributed by atoms with Gasteiger partial charge in [-0.2, -0.15) is 0 Å². The molecule has 1 unspecified atom stereocenters. The van der Waals surface area contributed by atoms with Gasteiger partial charge in [-0.25, -0.2) is 4.98 Å². The molecular weight excluding hydrogens is 562 g/mol. The molecule has 8 N–H and O–H groups in total. The van der Waals surface area contributed by atoms with Crippen molar-refractivity contribution in [1.29, 1.82) is 0 Å². The van der Waals surface area contributed by atoms with Crippen LogP contribution in [0.15, 0.2) is 91.1 Å². The van der Waals surface area contributed by atoms with E-state index in [1.165, 1.54) is 24.3 Å². The highest BCUT2D eigenvalue weighted by Gasteiger charge is 2.28. The number of anilines is 1. The normalized spacial score (nSPS) is 11.5. The Balaban J connectivity index is 1.51. The summed E-state index contributed by atoms with van der Waals surface area (Å²) in [5.74, 6) is -1.49. The van der Waals surface area contributed by atoms with Crippen LogP contribution in [0.25, 0.3) is 0 Å². The first kappa shape index (κ1) is 31.5. The van der Waals surface area contributed by atoms with E-state index in [-0.39, 0.29) is 49.9 Å².